The van der Waals surface area contributed by atoms with Crippen molar-refractivity contribution < 1.29 is 13.5 Å². The molecular weight excluding hydrogens is 202 g/mol. The Hall–Kier alpha value is -0.130. The van der Waals surface area contributed by atoms with Crippen molar-refractivity contribution in [2.75, 3.05) is 18.8 Å². The molecule has 84 valence electrons. The van der Waals surface area contributed by atoms with E-state index in [1.165, 1.54) is 4.31 Å². The van der Waals surface area contributed by atoms with Crippen molar-refractivity contribution in [3.8, 4) is 0 Å². The first-order valence-corrected chi connectivity index (χ1v) is 6.72. The number of hydrogen-bond donors (Lipinski definition) is 1. The van der Waals surface area contributed by atoms with Crippen LogP contribution in [-0.2, 0) is 10.0 Å². The fraction of sp³-hybridized carbons (Fsp3) is 1.00. The maximum Gasteiger partial charge on any atom is 0.214 e. The van der Waals surface area contributed by atoms with Gasteiger partial charge in [0.05, 0.1) is 11.9 Å². The molecule has 0 bridgehead atoms. The van der Waals surface area contributed by atoms with E-state index >= 15 is 0 Å². The Morgan fingerprint density at radius 3 is 2.64 bits per heavy atom. The lowest BCUT2D eigenvalue weighted by Crippen LogP contribution is -2.29. The molecule has 0 amide bonds. The minimum Gasteiger partial charge on any atom is -0.393 e. The number of aliphatic hydroxyl groups is 1. The summed E-state index contributed by atoms with van der Waals surface area (Å²) in [4.78, 5) is 0. The van der Waals surface area contributed by atoms with Gasteiger partial charge < -0.3 is 5.11 Å². The van der Waals surface area contributed by atoms with Crippen LogP contribution in [0.15, 0.2) is 0 Å². The lowest BCUT2D eigenvalue weighted by Gasteiger charge is -2.16. The van der Waals surface area contributed by atoms with E-state index in [2.05, 4.69) is 0 Å². The van der Waals surface area contributed by atoms with Crippen LogP contribution in [0.3, 0.4) is 0 Å². The molecule has 4 nitrogen and oxygen atoms in total. The molecule has 1 fully saturated rings. The van der Waals surface area contributed by atoms with Crippen LogP contribution in [0.1, 0.15) is 26.7 Å². The van der Waals surface area contributed by atoms with Crippen LogP contribution >= 0.6 is 0 Å². The summed E-state index contributed by atoms with van der Waals surface area (Å²) in [7, 11) is -3.02. The second-order valence-electron chi connectivity index (χ2n) is 4.09. The molecule has 1 aliphatic heterocycles. The molecule has 0 spiro atoms. The van der Waals surface area contributed by atoms with Gasteiger partial charge in [-0.15, -0.1) is 0 Å². The van der Waals surface area contributed by atoms with Gasteiger partial charge in [-0.25, -0.2) is 12.7 Å². The monoisotopic (exact) mass is 221 g/mol. The highest BCUT2D eigenvalue weighted by molar-refractivity contribution is 7.89. The molecule has 1 rings (SSSR count). The van der Waals surface area contributed by atoms with E-state index in [9.17, 15) is 13.5 Å². The van der Waals surface area contributed by atoms with Crippen molar-refractivity contribution >= 4 is 10.0 Å². The van der Waals surface area contributed by atoms with E-state index < -0.39 is 10.0 Å². The number of hydrogen-bond acceptors (Lipinski definition) is 3. The van der Waals surface area contributed by atoms with Gasteiger partial charge in [0.15, 0.2) is 0 Å². The highest BCUT2D eigenvalue weighted by atomic mass is 32.2. The zero-order valence-electron chi connectivity index (χ0n) is 8.81. The molecule has 0 aliphatic carbocycles. The predicted octanol–water partition coefficient (Wildman–Crippen LogP) is 0.429. The molecule has 1 heterocycles. The molecule has 0 saturated carbocycles. The fourth-order valence-electron chi connectivity index (χ4n) is 1.71. The molecule has 0 aromatic carbocycles. The van der Waals surface area contributed by atoms with E-state index in [-0.39, 0.29) is 17.8 Å². The average Bonchev–Trinajstić information content (AvgIpc) is 2.35. The molecule has 2 atom stereocenters. The summed E-state index contributed by atoms with van der Waals surface area (Å²) in [5, 5.41) is 9.33. The average molecular weight is 221 g/mol. The second-order valence-corrected chi connectivity index (χ2v) is 6.11. The number of aliphatic hydroxyl groups excluding tert-OH is 1. The molecule has 14 heavy (non-hydrogen) atoms. The molecule has 1 aliphatic rings. The molecular formula is C9H19NO3S. The maximum atomic E-state index is 11.5. The number of rotatable bonds is 4. The van der Waals surface area contributed by atoms with Gasteiger partial charge in [-0.2, -0.15) is 0 Å². The number of nitrogens with zero attached hydrogens (tertiary/aromatic N) is 1. The van der Waals surface area contributed by atoms with Crippen LogP contribution in [0, 0.1) is 5.92 Å². The summed E-state index contributed by atoms with van der Waals surface area (Å²) >= 11 is 0. The molecule has 2 unspecified atom stereocenters. The SMILES string of the molecule is CCC(O)CCN1CC(C)CS1(=O)=O. The largest absolute Gasteiger partial charge is 0.393 e. The molecule has 0 radical (unpaired) electrons. The molecule has 5 heteroatoms. The Morgan fingerprint density at radius 1 is 1.57 bits per heavy atom. The van der Waals surface area contributed by atoms with Crippen molar-refractivity contribution in [3.05, 3.63) is 0 Å². The summed E-state index contributed by atoms with van der Waals surface area (Å²) in [6.07, 6.45) is 0.854. The topological polar surface area (TPSA) is 57.6 Å². The zero-order valence-corrected chi connectivity index (χ0v) is 9.63. The minimum absolute atomic E-state index is 0.221. The summed E-state index contributed by atoms with van der Waals surface area (Å²) in [6.45, 7) is 4.90. The Balaban J connectivity index is 2.45. The lowest BCUT2D eigenvalue weighted by atomic mass is 10.2. The number of sulfonamides is 1. The Labute approximate surface area is 86.0 Å². The van der Waals surface area contributed by atoms with E-state index in [4.69, 9.17) is 0 Å². The molecule has 0 aromatic rings. The van der Waals surface area contributed by atoms with Crippen molar-refractivity contribution in [1.82, 2.24) is 4.31 Å². The normalized spacial score (nSPS) is 29.2. The van der Waals surface area contributed by atoms with Crippen molar-refractivity contribution in [3.63, 3.8) is 0 Å². The Bertz CT molecular complexity index is 276. The Kier molecular flexibility index (Phi) is 3.92. The van der Waals surface area contributed by atoms with Crippen LogP contribution in [0.25, 0.3) is 0 Å². The maximum absolute atomic E-state index is 11.5. The second kappa shape index (κ2) is 4.59. The van der Waals surface area contributed by atoms with E-state index in [1.807, 2.05) is 13.8 Å². The van der Waals surface area contributed by atoms with Crippen molar-refractivity contribution in [1.29, 1.82) is 0 Å². The van der Waals surface area contributed by atoms with Gasteiger partial charge in [-0.05, 0) is 18.8 Å². The third kappa shape index (κ3) is 2.93. The van der Waals surface area contributed by atoms with Crippen LogP contribution < -0.4 is 0 Å². The van der Waals surface area contributed by atoms with E-state index in [0.717, 1.165) is 0 Å². The third-order valence-electron chi connectivity index (χ3n) is 2.59. The standard InChI is InChI=1S/C9H19NO3S/c1-3-9(11)4-5-10-6-8(2)7-14(10,12)13/h8-9,11H,3-7H2,1-2H3. The van der Waals surface area contributed by atoms with Gasteiger partial charge in [0, 0.05) is 13.1 Å². The van der Waals surface area contributed by atoms with Gasteiger partial charge >= 0.3 is 0 Å². The summed E-state index contributed by atoms with van der Waals surface area (Å²) < 4.78 is 24.5. The van der Waals surface area contributed by atoms with Gasteiger partial charge in [0.1, 0.15) is 0 Å². The quantitative estimate of drug-likeness (QED) is 0.749. The van der Waals surface area contributed by atoms with Crippen molar-refractivity contribution in [2.45, 2.75) is 32.8 Å². The summed E-state index contributed by atoms with van der Waals surface area (Å²) in [5.74, 6) is 0.480. The van der Waals surface area contributed by atoms with Gasteiger partial charge in [0.25, 0.3) is 0 Å². The Morgan fingerprint density at radius 2 is 2.21 bits per heavy atom. The third-order valence-corrected chi connectivity index (χ3v) is 4.70. The van der Waals surface area contributed by atoms with E-state index in [1.54, 1.807) is 0 Å². The summed E-state index contributed by atoms with van der Waals surface area (Å²) in [5.41, 5.74) is 0. The van der Waals surface area contributed by atoms with Crippen LogP contribution in [0.5, 0.6) is 0 Å². The summed E-state index contributed by atoms with van der Waals surface area (Å²) in [6, 6.07) is 0. The van der Waals surface area contributed by atoms with Crippen molar-refractivity contribution in [2.24, 2.45) is 5.92 Å². The van der Waals surface area contributed by atoms with Crippen LogP contribution in [0.2, 0.25) is 0 Å². The molecule has 1 N–H and O–H groups in total. The van der Waals surface area contributed by atoms with Gasteiger partial charge in [-0.3, -0.25) is 0 Å². The van der Waals surface area contributed by atoms with Crippen LogP contribution in [-0.4, -0.2) is 42.8 Å². The van der Waals surface area contributed by atoms with E-state index in [0.29, 0.717) is 25.9 Å². The zero-order chi connectivity index (χ0) is 10.8. The first-order valence-electron chi connectivity index (χ1n) is 5.11. The van der Waals surface area contributed by atoms with Gasteiger partial charge in [0.2, 0.25) is 10.0 Å². The smallest absolute Gasteiger partial charge is 0.214 e. The highest BCUT2D eigenvalue weighted by Crippen LogP contribution is 2.19. The molecule has 0 aromatic heterocycles. The van der Waals surface area contributed by atoms with Gasteiger partial charge in [-0.1, -0.05) is 13.8 Å². The van der Waals surface area contributed by atoms with Crippen LogP contribution in [0.4, 0.5) is 0 Å². The minimum atomic E-state index is -3.02. The highest BCUT2D eigenvalue weighted by Gasteiger charge is 2.33. The fourth-order valence-corrected chi connectivity index (χ4v) is 3.61. The first kappa shape index (κ1) is 11.9. The molecule has 1 saturated heterocycles. The predicted molar refractivity (Wildman–Crippen MR) is 55.4 cm³/mol. The first-order chi connectivity index (χ1) is 6.45. The lowest BCUT2D eigenvalue weighted by molar-refractivity contribution is 0.152.